The molecule has 3 heterocycles. The number of halogens is 1. The molecule has 1 N–H and O–H groups in total. The predicted octanol–water partition coefficient (Wildman–Crippen LogP) is 1.65. The second-order valence-corrected chi connectivity index (χ2v) is 9.75. The predicted molar refractivity (Wildman–Crippen MR) is 113 cm³/mol. The molecule has 0 bridgehead atoms. The molecule has 9 heteroatoms. The number of piperidine rings is 2. The minimum absolute atomic E-state index is 0.119. The lowest BCUT2D eigenvalue weighted by Crippen LogP contribution is -2.57. The van der Waals surface area contributed by atoms with Crippen LogP contribution in [0.2, 0.25) is 0 Å². The second-order valence-electron chi connectivity index (χ2n) is 9.75. The van der Waals surface area contributed by atoms with Gasteiger partial charge in [0, 0.05) is 25.2 Å². The average molecular weight is 445 g/mol. The zero-order chi connectivity index (χ0) is 23.3. The molecule has 0 aliphatic carbocycles. The summed E-state index contributed by atoms with van der Waals surface area (Å²) in [5.74, 6) is -1.89. The number of fused-ring (bicyclic) bond motifs is 2. The fourth-order valence-electron chi connectivity index (χ4n) is 4.93. The molecule has 2 saturated heterocycles. The van der Waals surface area contributed by atoms with Crippen LogP contribution in [-0.2, 0) is 29.3 Å². The second kappa shape index (κ2) is 7.95. The van der Waals surface area contributed by atoms with E-state index in [2.05, 4.69) is 5.32 Å². The first-order valence-corrected chi connectivity index (χ1v) is 10.9. The number of nitrogens with zero attached hydrogens (tertiary/aromatic N) is 2. The molecule has 1 aromatic rings. The monoisotopic (exact) mass is 445 g/mol. The number of carbonyl (C=O) groups is 4. The number of carbonyl (C=O) groups excluding carboxylic acids is 4. The number of hydrogen-bond donors (Lipinski definition) is 1. The highest BCUT2D eigenvalue weighted by Gasteiger charge is 2.55. The molecule has 3 amide bonds. The molecule has 1 unspecified atom stereocenters. The summed E-state index contributed by atoms with van der Waals surface area (Å²) in [6.07, 6.45) is 1.17. The van der Waals surface area contributed by atoms with Gasteiger partial charge in [0.2, 0.25) is 17.7 Å². The largest absolute Gasteiger partial charge is 0.459 e. The summed E-state index contributed by atoms with van der Waals surface area (Å²) in [5.41, 5.74) is -0.437. The molecule has 1 atom stereocenters. The molecule has 3 aliphatic heterocycles. The van der Waals surface area contributed by atoms with Crippen molar-refractivity contribution in [3.8, 4) is 0 Å². The van der Waals surface area contributed by atoms with Gasteiger partial charge in [0.25, 0.3) is 0 Å². The normalized spacial score (nSPS) is 23.3. The number of imide groups is 1. The molecule has 8 nitrogen and oxygen atoms in total. The molecule has 0 aromatic heterocycles. The summed E-state index contributed by atoms with van der Waals surface area (Å²) in [5, 5.41) is 2.30. The van der Waals surface area contributed by atoms with Crippen molar-refractivity contribution in [2.75, 3.05) is 24.5 Å². The van der Waals surface area contributed by atoms with Crippen LogP contribution in [0.5, 0.6) is 0 Å². The Morgan fingerprint density at radius 2 is 1.91 bits per heavy atom. The highest BCUT2D eigenvalue weighted by molar-refractivity contribution is 6.14. The third-order valence-corrected chi connectivity index (χ3v) is 6.37. The van der Waals surface area contributed by atoms with Gasteiger partial charge in [-0.15, -0.1) is 0 Å². The summed E-state index contributed by atoms with van der Waals surface area (Å²) in [7, 11) is 0. The van der Waals surface area contributed by atoms with Crippen LogP contribution in [0.3, 0.4) is 0 Å². The molecule has 4 rings (SSSR count). The van der Waals surface area contributed by atoms with Crippen molar-refractivity contribution in [1.82, 2.24) is 10.2 Å². The lowest BCUT2D eigenvalue weighted by Gasteiger charge is -2.39. The zero-order valence-corrected chi connectivity index (χ0v) is 18.6. The van der Waals surface area contributed by atoms with Crippen LogP contribution in [0, 0.1) is 5.82 Å². The van der Waals surface area contributed by atoms with Crippen molar-refractivity contribution >= 4 is 29.4 Å². The Bertz CT molecular complexity index is 978. The molecule has 172 valence electrons. The van der Waals surface area contributed by atoms with Crippen molar-refractivity contribution < 1.29 is 28.3 Å². The molecule has 0 saturated carbocycles. The van der Waals surface area contributed by atoms with Crippen LogP contribution in [0.1, 0.15) is 52.0 Å². The number of esters is 1. The first kappa shape index (κ1) is 22.4. The van der Waals surface area contributed by atoms with E-state index in [-0.39, 0.29) is 37.2 Å². The lowest BCUT2D eigenvalue weighted by atomic mass is 9.73. The SMILES string of the molecule is CC(C)(C)OC(=O)CN1CCC2(CC1)C(=O)N(C1CCC(=O)NC1=O)c1ccc(F)cc12. The Labute approximate surface area is 186 Å². The van der Waals surface area contributed by atoms with E-state index in [1.807, 2.05) is 25.7 Å². The van der Waals surface area contributed by atoms with Gasteiger partial charge in [-0.05, 0) is 63.8 Å². The van der Waals surface area contributed by atoms with E-state index in [4.69, 9.17) is 4.74 Å². The van der Waals surface area contributed by atoms with Crippen molar-refractivity contribution in [2.24, 2.45) is 0 Å². The number of benzene rings is 1. The summed E-state index contributed by atoms with van der Waals surface area (Å²) >= 11 is 0. The Balaban J connectivity index is 1.57. The number of likely N-dealkylation sites (tertiary alicyclic amines) is 1. The van der Waals surface area contributed by atoms with Gasteiger partial charge in [-0.3, -0.25) is 34.3 Å². The Morgan fingerprint density at radius 3 is 2.53 bits per heavy atom. The van der Waals surface area contributed by atoms with Crippen LogP contribution in [0.25, 0.3) is 0 Å². The minimum atomic E-state index is -0.955. The fourth-order valence-corrected chi connectivity index (χ4v) is 4.93. The van der Waals surface area contributed by atoms with E-state index >= 15 is 0 Å². The summed E-state index contributed by atoms with van der Waals surface area (Å²) in [6.45, 7) is 6.47. The van der Waals surface area contributed by atoms with E-state index in [1.165, 1.54) is 23.1 Å². The van der Waals surface area contributed by atoms with Gasteiger partial charge in [-0.1, -0.05) is 0 Å². The maximum atomic E-state index is 14.2. The van der Waals surface area contributed by atoms with Gasteiger partial charge in [-0.2, -0.15) is 0 Å². The number of nitrogens with one attached hydrogen (secondary N) is 1. The van der Waals surface area contributed by atoms with Crippen LogP contribution >= 0.6 is 0 Å². The third kappa shape index (κ3) is 4.01. The van der Waals surface area contributed by atoms with E-state index in [1.54, 1.807) is 0 Å². The number of amides is 3. The van der Waals surface area contributed by atoms with Gasteiger partial charge < -0.3 is 4.74 Å². The minimum Gasteiger partial charge on any atom is -0.459 e. The Hall–Kier alpha value is -2.81. The quantitative estimate of drug-likeness (QED) is 0.562. The topological polar surface area (TPSA) is 96.0 Å². The number of rotatable bonds is 3. The first-order chi connectivity index (χ1) is 15.0. The van der Waals surface area contributed by atoms with Gasteiger partial charge in [0.15, 0.2) is 0 Å². The third-order valence-electron chi connectivity index (χ3n) is 6.37. The van der Waals surface area contributed by atoms with Crippen molar-refractivity contribution in [1.29, 1.82) is 0 Å². The Morgan fingerprint density at radius 1 is 1.22 bits per heavy atom. The fraction of sp³-hybridized carbons (Fsp3) is 0.565. The standard InChI is InChI=1S/C23H28FN3O5/c1-22(2,3)32-19(29)13-26-10-8-23(9-11-26)15-12-14(24)4-5-16(15)27(21(23)31)17-6-7-18(28)25-20(17)30/h4-5,12,17H,6-11,13H2,1-3H3,(H,25,28,30). The molecule has 3 aliphatic rings. The average Bonchev–Trinajstić information content (AvgIpc) is 2.91. The van der Waals surface area contributed by atoms with Gasteiger partial charge >= 0.3 is 5.97 Å². The van der Waals surface area contributed by atoms with Gasteiger partial charge in [-0.25, -0.2) is 4.39 Å². The zero-order valence-electron chi connectivity index (χ0n) is 18.6. The maximum Gasteiger partial charge on any atom is 0.320 e. The number of hydrogen-bond acceptors (Lipinski definition) is 6. The van der Waals surface area contributed by atoms with E-state index in [0.29, 0.717) is 37.2 Å². The van der Waals surface area contributed by atoms with Gasteiger partial charge in [0.05, 0.1) is 12.0 Å². The first-order valence-electron chi connectivity index (χ1n) is 10.9. The maximum absolute atomic E-state index is 14.2. The van der Waals surface area contributed by atoms with Crippen LogP contribution < -0.4 is 10.2 Å². The highest BCUT2D eigenvalue weighted by atomic mass is 19.1. The summed E-state index contributed by atoms with van der Waals surface area (Å²) in [6, 6.07) is 3.39. The summed E-state index contributed by atoms with van der Waals surface area (Å²) < 4.78 is 19.6. The van der Waals surface area contributed by atoms with Crippen LogP contribution in [0.15, 0.2) is 18.2 Å². The van der Waals surface area contributed by atoms with E-state index in [9.17, 15) is 23.6 Å². The molecule has 1 spiro atoms. The van der Waals surface area contributed by atoms with Crippen LogP contribution in [0.4, 0.5) is 10.1 Å². The van der Waals surface area contributed by atoms with Crippen LogP contribution in [-0.4, -0.2) is 59.9 Å². The molecule has 2 fully saturated rings. The Kier molecular flexibility index (Phi) is 5.56. The molecule has 32 heavy (non-hydrogen) atoms. The highest BCUT2D eigenvalue weighted by Crippen LogP contribution is 2.49. The smallest absolute Gasteiger partial charge is 0.320 e. The molecule has 1 aromatic carbocycles. The summed E-state index contributed by atoms with van der Waals surface area (Å²) in [4.78, 5) is 53.4. The van der Waals surface area contributed by atoms with Crippen molar-refractivity contribution in [3.63, 3.8) is 0 Å². The van der Waals surface area contributed by atoms with E-state index < -0.39 is 28.8 Å². The van der Waals surface area contributed by atoms with Gasteiger partial charge in [0.1, 0.15) is 17.5 Å². The van der Waals surface area contributed by atoms with Crippen molar-refractivity contribution in [2.45, 2.75) is 63.5 Å². The van der Waals surface area contributed by atoms with E-state index in [0.717, 1.165) is 0 Å². The lowest BCUT2D eigenvalue weighted by molar-refractivity contribution is -0.156. The van der Waals surface area contributed by atoms with Crippen molar-refractivity contribution in [3.05, 3.63) is 29.6 Å². The number of ether oxygens (including phenoxy) is 1. The molecular weight excluding hydrogens is 417 g/mol. The molecular formula is C23H28FN3O5. The number of anilines is 1. The molecule has 0 radical (unpaired) electrons.